The molecule has 0 spiro atoms. The molecule has 1 aromatic carbocycles. The Morgan fingerprint density at radius 3 is 2.59 bits per heavy atom. The van der Waals surface area contributed by atoms with Crippen LogP contribution in [0.2, 0.25) is 0 Å². The normalized spacial score (nSPS) is 12.4. The van der Waals surface area contributed by atoms with Crippen LogP contribution in [0, 0.1) is 0 Å². The largest absolute Gasteiger partial charge is 0.399 e. The summed E-state index contributed by atoms with van der Waals surface area (Å²) in [4.78, 5) is -0.124. The molecule has 0 unspecified atom stereocenters. The standard InChI is InChI=1S/C9H11BrF2N2O2S/c1-14(5-9(11)12)17(15,16)8-4-6(13)2-3-7(8)10/h2-4,9H,5,13H2,1H3. The predicted molar refractivity (Wildman–Crippen MR) is 64.4 cm³/mol. The number of halogens is 3. The lowest BCUT2D eigenvalue weighted by atomic mass is 10.3. The number of hydrogen-bond donors (Lipinski definition) is 1. The fourth-order valence-electron chi connectivity index (χ4n) is 1.18. The van der Waals surface area contributed by atoms with Gasteiger partial charge in [0, 0.05) is 17.2 Å². The Morgan fingerprint density at radius 1 is 1.47 bits per heavy atom. The van der Waals surface area contributed by atoms with E-state index >= 15 is 0 Å². The maximum absolute atomic E-state index is 12.2. The average molecular weight is 329 g/mol. The number of nitrogen functional groups attached to an aromatic ring is 1. The van der Waals surface area contributed by atoms with Gasteiger partial charge in [-0.05, 0) is 34.1 Å². The van der Waals surface area contributed by atoms with Gasteiger partial charge in [0.25, 0.3) is 6.43 Å². The van der Waals surface area contributed by atoms with E-state index in [0.29, 0.717) is 4.31 Å². The van der Waals surface area contributed by atoms with E-state index in [0.717, 1.165) is 7.05 Å². The molecule has 0 heterocycles. The molecule has 0 saturated heterocycles. The molecule has 0 bridgehead atoms. The van der Waals surface area contributed by atoms with Gasteiger partial charge in [-0.1, -0.05) is 0 Å². The van der Waals surface area contributed by atoms with Gasteiger partial charge in [0.1, 0.15) is 0 Å². The second kappa shape index (κ2) is 5.28. The van der Waals surface area contributed by atoms with Crippen molar-refractivity contribution in [2.75, 3.05) is 19.3 Å². The summed E-state index contributed by atoms with van der Waals surface area (Å²) in [7, 11) is -2.87. The Hall–Kier alpha value is -0.730. The first-order valence-electron chi connectivity index (χ1n) is 4.54. The summed E-state index contributed by atoms with van der Waals surface area (Å²) >= 11 is 3.05. The Labute approximate surface area is 107 Å². The molecule has 2 N–H and O–H groups in total. The third-order valence-electron chi connectivity index (χ3n) is 2.04. The van der Waals surface area contributed by atoms with Gasteiger partial charge < -0.3 is 5.73 Å². The zero-order valence-corrected chi connectivity index (χ0v) is 11.3. The van der Waals surface area contributed by atoms with Crippen molar-refractivity contribution in [3.63, 3.8) is 0 Å². The lowest BCUT2D eigenvalue weighted by Gasteiger charge is -2.17. The number of sulfonamides is 1. The number of rotatable bonds is 4. The van der Waals surface area contributed by atoms with Gasteiger partial charge in [-0.2, -0.15) is 4.31 Å². The zero-order chi connectivity index (χ0) is 13.2. The van der Waals surface area contributed by atoms with Crippen molar-refractivity contribution in [1.29, 1.82) is 0 Å². The Kier molecular flexibility index (Phi) is 4.45. The van der Waals surface area contributed by atoms with Crippen LogP contribution in [-0.4, -0.2) is 32.7 Å². The van der Waals surface area contributed by atoms with Crippen molar-refractivity contribution in [1.82, 2.24) is 4.31 Å². The molecule has 0 amide bonds. The summed E-state index contributed by atoms with van der Waals surface area (Å²) < 4.78 is 49.1. The molecule has 1 rings (SSSR count). The topological polar surface area (TPSA) is 63.4 Å². The van der Waals surface area contributed by atoms with E-state index in [9.17, 15) is 17.2 Å². The fraction of sp³-hybridized carbons (Fsp3) is 0.333. The first-order chi connectivity index (χ1) is 7.75. The summed E-state index contributed by atoms with van der Waals surface area (Å²) in [6.45, 7) is -0.858. The summed E-state index contributed by atoms with van der Waals surface area (Å²) in [5.74, 6) is 0. The summed E-state index contributed by atoms with van der Waals surface area (Å²) in [5.41, 5.74) is 5.72. The van der Waals surface area contributed by atoms with Crippen molar-refractivity contribution in [3.8, 4) is 0 Å². The van der Waals surface area contributed by atoms with E-state index in [4.69, 9.17) is 5.73 Å². The van der Waals surface area contributed by atoms with Gasteiger partial charge in [0.05, 0.1) is 11.4 Å². The molecule has 8 heteroatoms. The van der Waals surface area contributed by atoms with E-state index in [1.807, 2.05) is 0 Å². The molecule has 0 radical (unpaired) electrons. The molecule has 0 saturated carbocycles. The smallest absolute Gasteiger partial charge is 0.252 e. The molecule has 0 aliphatic rings. The third-order valence-corrected chi connectivity index (χ3v) is 4.86. The molecule has 4 nitrogen and oxygen atoms in total. The molecule has 0 atom stereocenters. The molecule has 0 aromatic heterocycles. The number of hydrogen-bond acceptors (Lipinski definition) is 3. The highest BCUT2D eigenvalue weighted by Gasteiger charge is 2.25. The number of alkyl halides is 2. The fourth-order valence-corrected chi connectivity index (χ4v) is 3.28. The molecule has 1 aromatic rings. The molecule has 96 valence electrons. The Balaban J connectivity index is 3.17. The number of nitrogens with two attached hydrogens (primary N) is 1. The van der Waals surface area contributed by atoms with Crippen LogP contribution in [0.1, 0.15) is 0 Å². The number of anilines is 1. The van der Waals surface area contributed by atoms with Gasteiger partial charge in [-0.15, -0.1) is 0 Å². The van der Waals surface area contributed by atoms with E-state index in [-0.39, 0.29) is 15.1 Å². The van der Waals surface area contributed by atoms with Crippen molar-refractivity contribution in [3.05, 3.63) is 22.7 Å². The van der Waals surface area contributed by atoms with Crippen LogP contribution in [0.15, 0.2) is 27.6 Å². The van der Waals surface area contributed by atoms with Crippen LogP contribution >= 0.6 is 15.9 Å². The third kappa shape index (κ3) is 3.36. The van der Waals surface area contributed by atoms with Gasteiger partial charge >= 0.3 is 0 Å². The van der Waals surface area contributed by atoms with Crippen molar-refractivity contribution >= 4 is 31.6 Å². The summed E-state index contributed by atoms with van der Waals surface area (Å²) in [6.07, 6.45) is -2.73. The van der Waals surface area contributed by atoms with Crippen molar-refractivity contribution < 1.29 is 17.2 Å². The number of nitrogens with zero attached hydrogens (tertiary/aromatic N) is 1. The minimum Gasteiger partial charge on any atom is -0.399 e. The lowest BCUT2D eigenvalue weighted by Crippen LogP contribution is -2.31. The van der Waals surface area contributed by atoms with Gasteiger partial charge in [-0.25, -0.2) is 17.2 Å². The maximum Gasteiger partial charge on any atom is 0.252 e. The second-order valence-electron chi connectivity index (χ2n) is 3.37. The van der Waals surface area contributed by atoms with E-state index in [1.165, 1.54) is 18.2 Å². The van der Waals surface area contributed by atoms with Crippen LogP contribution in [0.25, 0.3) is 0 Å². The first-order valence-corrected chi connectivity index (χ1v) is 6.78. The summed E-state index contributed by atoms with van der Waals surface area (Å²) in [6, 6.07) is 4.19. The van der Waals surface area contributed by atoms with Gasteiger partial charge in [0.2, 0.25) is 10.0 Å². The lowest BCUT2D eigenvalue weighted by molar-refractivity contribution is 0.126. The van der Waals surface area contributed by atoms with Crippen LogP contribution in [0.4, 0.5) is 14.5 Å². The average Bonchev–Trinajstić information content (AvgIpc) is 2.20. The molecule has 0 aliphatic heterocycles. The molecule has 0 aliphatic carbocycles. The SMILES string of the molecule is CN(CC(F)F)S(=O)(=O)c1cc(N)ccc1Br. The van der Waals surface area contributed by atoms with Gasteiger partial charge in [-0.3, -0.25) is 0 Å². The van der Waals surface area contributed by atoms with Crippen molar-refractivity contribution in [2.24, 2.45) is 0 Å². The highest BCUT2D eigenvalue weighted by molar-refractivity contribution is 9.10. The second-order valence-corrected chi connectivity index (χ2v) is 6.23. The first kappa shape index (κ1) is 14.3. The van der Waals surface area contributed by atoms with E-state index in [1.54, 1.807) is 0 Å². The van der Waals surface area contributed by atoms with Crippen LogP contribution in [0.5, 0.6) is 0 Å². The minimum atomic E-state index is -3.96. The summed E-state index contributed by atoms with van der Waals surface area (Å²) in [5, 5.41) is 0. The Bertz CT molecular complexity index is 508. The quantitative estimate of drug-likeness (QED) is 0.859. The van der Waals surface area contributed by atoms with Gasteiger partial charge in [0.15, 0.2) is 0 Å². The molecular weight excluding hydrogens is 318 g/mol. The Morgan fingerprint density at radius 2 is 2.06 bits per heavy atom. The van der Waals surface area contributed by atoms with E-state index < -0.39 is 23.0 Å². The highest BCUT2D eigenvalue weighted by atomic mass is 79.9. The monoisotopic (exact) mass is 328 g/mol. The van der Waals surface area contributed by atoms with Crippen LogP contribution < -0.4 is 5.73 Å². The van der Waals surface area contributed by atoms with Crippen LogP contribution in [-0.2, 0) is 10.0 Å². The van der Waals surface area contributed by atoms with Crippen molar-refractivity contribution in [2.45, 2.75) is 11.3 Å². The van der Waals surface area contributed by atoms with Crippen LogP contribution in [0.3, 0.4) is 0 Å². The maximum atomic E-state index is 12.2. The predicted octanol–water partition coefficient (Wildman–Crippen LogP) is 1.92. The molecule has 17 heavy (non-hydrogen) atoms. The van der Waals surface area contributed by atoms with E-state index in [2.05, 4.69) is 15.9 Å². The molecule has 0 fully saturated rings. The highest BCUT2D eigenvalue weighted by Crippen LogP contribution is 2.26. The molecular formula is C9H11BrF2N2O2S. The number of benzene rings is 1. The minimum absolute atomic E-state index is 0.124. The zero-order valence-electron chi connectivity index (χ0n) is 8.90.